The molecule has 19 heavy (non-hydrogen) atoms. The van der Waals surface area contributed by atoms with Gasteiger partial charge in [0.05, 0.1) is 6.20 Å². The summed E-state index contributed by atoms with van der Waals surface area (Å²) in [5.41, 5.74) is 0.998. The van der Waals surface area contributed by atoms with Crippen LogP contribution in [0, 0.1) is 0 Å². The lowest BCUT2D eigenvalue weighted by molar-refractivity contribution is 0.190. The van der Waals surface area contributed by atoms with Crippen LogP contribution in [-0.2, 0) is 0 Å². The quantitative estimate of drug-likeness (QED) is 0.847. The molecule has 100 valence electrons. The number of hydrogen-bond acceptors (Lipinski definition) is 3. The molecule has 1 aromatic heterocycles. The predicted molar refractivity (Wildman–Crippen MR) is 75.2 cm³/mol. The van der Waals surface area contributed by atoms with E-state index in [1.807, 2.05) is 24.3 Å². The van der Waals surface area contributed by atoms with Crippen LogP contribution < -0.4 is 4.74 Å². The largest absolute Gasteiger partial charge is 0.508 e. The predicted octanol–water partition coefficient (Wildman–Crippen LogP) is 4.10. The molecule has 0 aliphatic rings. The maximum absolute atomic E-state index is 9.59. The van der Waals surface area contributed by atoms with E-state index in [1.165, 1.54) is 0 Å². The molecule has 0 saturated heterocycles. The van der Waals surface area contributed by atoms with Crippen LogP contribution in [0.2, 0.25) is 0 Å². The zero-order chi connectivity index (χ0) is 13.5. The monoisotopic (exact) mass is 257 g/mol. The summed E-state index contributed by atoms with van der Waals surface area (Å²) >= 11 is 0. The highest BCUT2D eigenvalue weighted by Crippen LogP contribution is 2.27. The second-order valence-electron chi connectivity index (χ2n) is 4.53. The topological polar surface area (TPSA) is 42.4 Å². The van der Waals surface area contributed by atoms with Gasteiger partial charge in [-0.1, -0.05) is 25.5 Å². The molecule has 0 bridgehead atoms. The lowest BCUT2D eigenvalue weighted by Crippen LogP contribution is -2.07. The van der Waals surface area contributed by atoms with E-state index in [-0.39, 0.29) is 11.9 Å². The Labute approximate surface area is 113 Å². The Morgan fingerprint density at radius 1 is 1.26 bits per heavy atom. The Morgan fingerprint density at radius 3 is 2.84 bits per heavy atom. The molecule has 1 unspecified atom stereocenters. The molecule has 0 fully saturated rings. The first-order valence-corrected chi connectivity index (χ1v) is 6.65. The number of nitrogens with zero attached hydrogens (tertiary/aromatic N) is 1. The van der Waals surface area contributed by atoms with Gasteiger partial charge in [0.2, 0.25) is 0 Å². The van der Waals surface area contributed by atoms with E-state index in [1.54, 1.807) is 24.5 Å². The number of pyridine rings is 1. The van der Waals surface area contributed by atoms with Crippen LogP contribution in [0.25, 0.3) is 0 Å². The molecule has 2 aromatic rings. The number of aromatic nitrogens is 1. The van der Waals surface area contributed by atoms with Gasteiger partial charge in [-0.15, -0.1) is 0 Å². The highest BCUT2D eigenvalue weighted by molar-refractivity contribution is 5.29. The van der Waals surface area contributed by atoms with Crippen molar-refractivity contribution in [3.63, 3.8) is 0 Å². The minimum absolute atomic E-state index is 0.0451. The van der Waals surface area contributed by atoms with Crippen molar-refractivity contribution in [2.75, 3.05) is 0 Å². The maximum Gasteiger partial charge on any atom is 0.138 e. The summed E-state index contributed by atoms with van der Waals surface area (Å²) in [6.07, 6.45) is 6.52. The van der Waals surface area contributed by atoms with Gasteiger partial charge >= 0.3 is 0 Å². The highest BCUT2D eigenvalue weighted by Gasteiger charge is 2.13. The molecule has 0 spiro atoms. The average Bonchev–Trinajstić information content (AvgIpc) is 2.44. The van der Waals surface area contributed by atoms with Gasteiger partial charge in [0.15, 0.2) is 0 Å². The maximum atomic E-state index is 9.59. The Morgan fingerprint density at radius 2 is 2.16 bits per heavy atom. The molecule has 0 aliphatic heterocycles. The van der Waals surface area contributed by atoms with Crippen LogP contribution in [0.3, 0.4) is 0 Å². The first kappa shape index (κ1) is 13.4. The first-order valence-electron chi connectivity index (χ1n) is 6.65. The number of ether oxygens (including phenoxy) is 1. The number of benzene rings is 1. The third kappa shape index (κ3) is 3.98. The van der Waals surface area contributed by atoms with E-state index in [2.05, 4.69) is 11.9 Å². The summed E-state index contributed by atoms with van der Waals surface area (Å²) in [7, 11) is 0. The molecule has 0 amide bonds. The number of hydrogen-bond donors (Lipinski definition) is 1. The third-order valence-electron chi connectivity index (χ3n) is 2.97. The lowest BCUT2D eigenvalue weighted by Gasteiger charge is -2.19. The van der Waals surface area contributed by atoms with Crippen molar-refractivity contribution in [2.24, 2.45) is 0 Å². The molecule has 1 heterocycles. The molecule has 0 aliphatic carbocycles. The molecule has 1 atom stereocenters. The van der Waals surface area contributed by atoms with Gasteiger partial charge in [0.1, 0.15) is 17.6 Å². The highest BCUT2D eigenvalue weighted by atomic mass is 16.5. The van der Waals surface area contributed by atoms with Crippen LogP contribution >= 0.6 is 0 Å². The van der Waals surface area contributed by atoms with Crippen LogP contribution in [0.5, 0.6) is 11.5 Å². The summed E-state index contributed by atoms with van der Waals surface area (Å²) in [6.45, 7) is 2.16. The van der Waals surface area contributed by atoms with Crippen molar-refractivity contribution >= 4 is 0 Å². The second-order valence-corrected chi connectivity index (χ2v) is 4.53. The van der Waals surface area contributed by atoms with Crippen molar-refractivity contribution < 1.29 is 9.84 Å². The fourth-order valence-corrected chi connectivity index (χ4v) is 1.99. The summed E-state index contributed by atoms with van der Waals surface area (Å²) in [4.78, 5) is 4.05. The molecule has 2 rings (SSSR count). The molecule has 3 heteroatoms. The van der Waals surface area contributed by atoms with E-state index in [4.69, 9.17) is 4.74 Å². The second kappa shape index (κ2) is 6.78. The fourth-order valence-electron chi connectivity index (χ4n) is 1.99. The van der Waals surface area contributed by atoms with Crippen molar-refractivity contribution in [3.05, 3.63) is 54.4 Å². The van der Waals surface area contributed by atoms with Crippen molar-refractivity contribution in [1.29, 1.82) is 0 Å². The number of phenolic OH excluding ortho intramolecular Hbond substituents is 1. The van der Waals surface area contributed by atoms with E-state index < -0.39 is 0 Å². The molecular formula is C16H19NO2. The van der Waals surface area contributed by atoms with Gasteiger partial charge in [0.25, 0.3) is 0 Å². The van der Waals surface area contributed by atoms with Crippen LogP contribution in [0.15, 0.2) is 48.8 Å². The average molecular weight is 257 g/mol. The fraction of sp³-hybridized carbons (Fsp3) is 0.312. The van der Waals surface area contributed by atoms with Crippen molar-refractivity contribution in [3.8, 4) is 11.5 Å². The van der Waals surface area contributed by atoms with E-state index >= 15 is 0 Å². The first-order chi connectivity index (χ1) is 9.29. The summed E-state index contributed by atoms with van der Waals surface area (Å²) in [5, 5.41) is 9.59. The van der Waals surface area contributed by atoms with Gasteiger partial charge < -0.3 is 9.84 Å². The summed E-state index contributed by atoms with van der Waals surface area (Å²) in [5.74, 6) is 1.03. The van der Waals surface area contributed by atoms with E-state index in [0.717, 1.165) is 30.6 Å². The van der Waals surface area contributed by atoms with Crippen LogP contribution in [-0.4, -0.2) is 10.1 Å². The standard InChI is InChI=1S/C16H19NO2/c1-2-3-9-16(13-6-4-7-14(18)11-13)19-15-8-5-10-17-12-15/h4-8,10-12,16,18H,2-3,9H2,1H3. The normalized spacial score (nSPS) is 12.1. The van der Waals surface area contributed by atoms with Gasteiger partial charge in [-0.3, -0.25) is 4.98 Å². The van der Waals surface area contributed by atoms with Crippen molar-refractivity contribution in [2.45, 2.75) is 32.3 Å². The molecular weight excluding hydrogens is 238 g/mol. The SMILES string of the molecule is CCCCC(Oc1cccnc1)c1cccc(O)c1. The molecule has 0 saturated carbocycles. The van der Waals surface area contributed by atoms with Crippen LogP contribution in [0.4, 0.5) is 0 Å². The number of rotatable bonds is 6. The Bertz CT molecular complexity index is 499. The Kier molecular flexibility index (Phi) is 4.78. The molecule has 0 radical (unpaired) electrons. The molecule has 1 aromatic carbocycles. The number of phenols is 1. The minimum atomic E-state index is -0.0451. The molecule has 1 N–H and O–H groups in total. The number of unbranched alkanes of at least 4 members (excludes halogenated alkanes) is 1. The van der Waals surface area contributed by atoms with E-state index in [0.29, 0.717) is 0 Å². The Balaban J connectivity index is 2.16. The smallest absolute Gasteiger partial charge is 0.138 e. The zero-order valence-corrected chi connectivity index (χ0v) is 11.1. The van der Waals surface area contributed by atoms with Gasteiger partial charge in [-0.25, -0.2) is 0 Å². The zero-order valence-electron chi connectivity index (χ0n) is 11.1. The van der Waals surface area contributed by atoms with Crippen molar-refractivity contribution in [1.82, 2.24) is 4.98 Å². The van der Waals surface area contributed by atoms with Crippen LogP contribution in [0.1, 0.15) is 37.9 Å². The lowest BCUT2D eigenvalue weighted by atomic mass is 10.0. The summed E-state index contributed by atoms with van der Waals surface area (Å²) < 4.78 is 5.98. The van der Waals surface area contributed by atoms with Gasteiger partial charge in [-0.2, -0.15) is 0 Å². The van der Waals surface area contributed by atoms with Gasteiger partial charge in [-0.05, 0) is 42.7 Å². The Hall–Kier alpha value is -2.03. The minimum Gasteiger partial charge on any atom is -0.508 e. The number of aromatic hydroxyl groups is 1. The third-order valence-corrected chi connectivity index (χ3v) is 2.97. The van der Waals surface area contributed by atoms with Gasteiger partial charge in [0, 0.05) is 6.20 Å². The molecule has 3 nitrogen and oxygen atoms in total. The summed E-state index contributed by atoms with van der Waals surface area (Å²) in [6, 6.07) is 11.0. The van der Waals surface area contributed by atoms with E-state index in [9.17, 15) is 5.11 Å².